The zero-order valence-electron chi connectivity index (χ0n) is 22.3. The van der Waals surface area contributed by atoms with Crippen molar-refractivity contribution < 1.29 is 24.0 Å². The van der Waals surface area contributed by atoms with Crippen molar-refractivity contribution in [2.75, 3.05) is 11.9 Å². The number of rotatable bonds is 8. The number of carbonyl (C=O) groups is 3. The highest BCUT2D eigenvalue weighted by Crippen LogP contribution is 2.38. The standard InChI is InChI=1S/C29H29N5O6/c1-29(2,3)40-28(37)31-17-24(35)30-16-18-9-11-20(12-10-18)32-26(19-7-5-4-6-8-19)25-22-15-21(34(38)39)13-14-23(22)33-27(25)36/h4-15,25H,16-17H2,1-3H3,(H,30,35)(H,31,37)(H,33,36). The summed E-state index contributed by atoms with van der Waals surface area (Å²) < 4.78 is 5.11. The number of nitro groups is 1. The minimum absolute atomic E-state index is 0.111. The van der Waals surface area contributed by atoms with Crippen LogP contribution >= 0.6 is 0 Å². The molecule has 1 aliphatic heterocycles. The summed E-state index contributed by atoms with van der Waals surface area (Å²) in [6.45, 7) is 5.21. The minimum Gasteiger partial charge on any atom is -0.444 e. The van der Waals surface area contributed by atoms with Gasteiger partial charge in [-0.05, 0) is 50.1 Å². The first-order valence-electron chi connectivity index (χ1n) is 12.6. The number of anilines is 1. The van der Waals surface area contributed by atoms with Crippen LogP contribution in [0.2, 0.25) is 0 Å². The molecule has 0 aromatic heterocycles. The maximum atomic E-state index is 13.0. The molecule has 3 N–H and O–H groups in total. The van der Waals surface area contributed by atoms with Crippen LogP contribution in [0, 0.1) is 10.1 Å². The summed E-state index contributed by atoms with van der Waals surface area (Å²) in [5, 5.41) is 19.3. The second kappa shape index (κ2) is 11.8. The first-order chi connectivity index (χ1) is 19.0. The monoisotopic (exact) mass is 543 g/mol. The molecule has 3 aromatic rings. The number of amides is 3. The normalized spacial score (nSPS) is 14.6. The van der Waals surface area contributed by atoms with Crippen molar-refractivity contribution in [3.05, 3.63) is 99.6 Å². The number of aliphatic imine (C=N–C) groups is 1. The van der Waals surface area contributed by atoms with Gasteiger partial charge < -0.3 is 20.7 Å². The van der Waals surface area contributed by atoms with Gasteiger partial charge in [0.15, 0.2) is 0 Å². The summed E-state index contributed by atoms with van der Waals surface area (Å²) in [6.07, 6.45) is -0.674. The lowest BCUT2D eigenvalue weighted by atomic mass is 9.90. The number of non-ortho nitro benzene ring substituents is 1. The van der Waals surface area contributed by atoms with Crippen LogP contribution in [0.15, 0.2) is 77.8 Å². The Bertz CT molecular complexity index is 1460. The smallest absolute Gasteiger partial charge is 0.408 e. The van der Waals surface area contributed by atoms with Crippen molar-refractivity contribution in [2.24, 2.45) is 4.99 Å². The van der Waals surface area contributed by atoms with Gasteiger partial charge in [0.05, 0.1) is 16.3 Å². The van der Waals surface area contributed by atoms with Crippen LogP contribution in [0.3, 0.4) is 0 Å². The largest absolute Gasteiger partial charge is 0.444 e. The molecule has 11 heteroatoms. The van der Waals surface area contributed by atoms with E-state index in [4.69, 9.17) is 9.73 Å². The molecule has 0 spiro atoms. The molecule has 1 unspecified atom stereocenters. The third kappa shape index (κ3) is 7.07. The number of hydrogen-bond donors (Lipinski definition) is 3. The van der Waals surface area contributed by atoms with Gasteiger partial charge in [0.2, 0.25) is 11.8 Å². The van der Waals surface area contributed by atoms with E-state index in [0.717, 1.165) is 5.56 Å². The third-order valence-corrected chi connectivity index (χ3v) is 5.89. The lowest BCUT2D eigenvalue weighted by molar-refractivity contribution is -0.384. The van der Waals surface area contributed by atoms with Gasteiger partial charge in [-0.3, -0.25) is 24.7 Å². The Morgan fingerprint density at radius 1 is 1.02 bits per heavy atom. The lowest BCUT2D eigenvalue weighted by Gasteiger charge is -2.19. The first kappa shape index (κ1) is 28.0. The molecule has 3 aromatic carbocycles. The van der Waals surface area contributed by atoms with Crippen molar-refractivity contribution in [2.45, 2.75) is 38.8 Å². The van der Waals surface area contributed by atoms with Crippen LogP contribution in [0.25, 0.3) is 0 Å². The number of nitrogens with zero attached hydrogens (tertiary/aromatic N) is 2. The number of benzene rings is 3. The molecule has 0 radical (unpaired) electrons. The maximum absolute atomic E-state index is 13.0. The van der Waals surface area contributed by atoms with Crippen molar-refractivity contribution in [3.63, 3.8) is 0 Å². The highest BCUT2D eigenvalue weighted by atomic mass is 16.6. The molecule has 11 nitrogen and oxygen atoms in total. The predicted octanol–water partition coefficient (Wildman–Crippen LogP) is 4.59. The van der Waals surface area contributed by atoms with E-state index in [1.165, 1.54) is 18.2 Å². The average molecular weight is 544 g/mol. The first-order valence-corrected chi connectivity index (χ1v) is 12.6. The molecule has 206 valence electrons. The van der Waals surface area contributed by atoms with Gasteiger partial charge in [0.1, 0.15) is 18.1 Å². The molecule has 0 saturated carbocycles. The summed E-state index contributed by atoms with van der Waals surface area (Å²) in [7, 11) is 0. The fourth-order valence-electron chi connectivity index (χ4n) is 4.10. The maximum Gasteiger partial charge on any atom is 0.408 e. The molecule has 1 atom stereocenters. The molecule has 1 aliphatic rings. The molecule has 1 heterocycles. The summed E-state index contributed by atoms with van der Waals surface area (Å²) in [6, 6.07) is 20.5. The average Bonchev–Trinajstić information content (AvgIpc) is 3.24. The van der Waals surface area contributed by atoms with Crippen molar-refractivity contribution in [1.82, 2.24) is 10.6 Å². The summed E-state index contributed by atoms with van der Waals surface area (Å²) >= 11 is 0. The van der Waals surface area contributed by atoms with Crippen molar-refractivity contribution in [3.8, 4) is 0 Å². The molecule has 4 rings (SSSR count). The van der Waals surface area contributed by atoms with Gasteiger partial charge in [-0.25, -0.2) is 4.79 Å². The van der Waals surface area contributed by atoms with Crippen LogP contribution in [-0.4, -0.2) is 40.7 Å². The fourth-order valence-corrected chi connectivity index (χ4v) is 4.10. The zero-order chi connectivity index (χ0) is 28.9. The van der Waals surface area contributed by atoms with Crippen LogP contribution < -0.4 is 16.0 Å². The summed E-state index contributed by atoms with van der Waals surface area (Å²) in [5.74, 6) is -1.54. The van der Waals surface area contributed by atoms with E-state index in [0.29, 0.717) is 28.2 Å². The highest BCUT2D eigenvalue weighted by molar-refractivity contribution is 6.24. The van der Waals surface area contributed by atoms with E-state index in [-0.39, 0.29) is 30.6 Å². The van der Waals surface area contributed by atoms with Crippen LogP contribution in [0.5, 0.6) is 0 Å². The number of alkyl carbamates (subject to hydrolysis) is 1. The molecular formula is C29H29N5O6. The Balaban J connectivity index is 1.50. The van der Waals surface area contributed by atoms with Crippen LogP contribution in [0.4, 0.5) is 21.9 Å². The van der Waals surface area contributed by atoms with Gasteiger partial charge in [-0.15, -0.1) is 0 Å². The molecule has 3 amide bonds. The Hall–Kier alpha value is -5.06. The highest BCUT2D eigenvalue weighted by Gasteiger charge is 2.36. The van der Waals surface area contributed by atoms with E-state index in [1.54, 1.807) is 45.0 Å². The van der Waals surface area contributed by atoms with Crippen molar-refractivity contribution >= 4 is 40.7 Å². The molecule has 0 aliphatic carbocycles. The number of fused-ring (bicyclic) bond motifs is 1. The number of nitro benzene ring substituents is 1. The molecule has 0 bridgehead atoms. The van der Waals surface area contributed by atoms with E-state index >= 15 is 0 Å². The minimum atomic E-state index is -0.839. The second-order valence-corrected chi connectivity index (χ2v) is 10.1. The third-order valence-electron chi connectivity index (χ3n) is 5.89. The fraction of sp³-hybridized carbons (Fsp3) is 0.241. The second-order valence-electron chi connectivity index (χ2n) is 10.1. The number of ether oxygens (including phenoxy) is 1. The van der Waals surface area contributed by atoms with E-state index < -0.39 is 22.5 Å². The van der Waals surface area contributed by atoms with Crippen LogP contribution in [-0.2, 0) is 20.9 Å². The SMILES string of the molecule is CC(C)(C)OC(=O)NCC(=O)NCc1ccc(N=C(c2ccccc2)C2C(=O)Nc3ccc([N+](=O)[O-])cc32)cc1. The van der Waals surface area contributed by atoms with Gasteiger partial charge >= 0.3 is 6.09 Å². The van der Waals surface area contributed by atoms with E-state index in [2.05, 4.69) is 16.0 Å². The van der Waals surface area contributed by atoms with Gasteiger partial charge in [-0.2, -0.15) is 0 Å². The lowest BCUT2D eigenvalue weighted by Crippen LogP contribution is -2.39. The van der Waals surface area contributed by atoms with E-state index in [1.807, 2.05) is 30.3 Å². The Morgan fingerprint density at radius 2 is 1.73 bits per heavy atom. The summed E-state index contributed by atoms with van der Waals surface area (Å²) in [5.41, 5.74) is 2.74. The predicted molar refractivity (Wildman–Crippen MR) is 150 cm³/mol. The Morgan fingerprint density at radius 3 is 2.38 bits per heavy atom. The summed E-state index contributed by atoms with van der Waals surface area (Å²) in [4.78, 5) is 52.6. The van der Waals surface area contributed by atoms with Gasteiger partial charge in [0.25, 0.3) is 5.69 Å². The number of nitrogens with one attached hydrogen (secondary N) is 3. The Kier molecular flexibility index (Phi) is 8.23. The van der Waals surface area contributed by atoms with Crippen molar-refractivity contribution in [1.29, 1.82) is 0 Å². The molecular weight excluding hydrogens is 514 g/mol. The Labute approximate surface area is 230 Å². The topological polar surface area (TPSA) is 152 Å². The molecule has 0 fully saturated rings. The van der Waals surface area contributed by atoms with Gasteiger partial charge in [0, 0.05) is 29.9 Å². The van der Waals surface area contributed by atoms with E-state index in [9.17, 15) is 24.5 Å². The molecule has 0 saturated heterocycles. The quantitative estimate of drug-likeness (QED) is 0.215. The number of carbonyl (C=O) groups excluding carboxylic acids is 3. The molecule has 40 heavy (non-hydrogen) atoms. The zero-order valence-corrected chi connectivity index (χ0v) is 22.3. The van der Waals surface area contributed by atoms with Gasteiger partial charge in [-0.1, -0.05) is 42.5 Å². The number of hydrogen-bond acceptors (Lipinski definition) is 7. The van der Waals surface area contributed by atoms with Crippen LogP contribution in [0.1, 0.15) is 43.4 Å².